The molecule has 96 valence electrons. The van der Waals surface area contributed by atoms with E-state index in [0.29, 0.717) is 6.61 Å². The van der Waals surface area contributed by atoms with Crippen molar-refractivity contribution < 1.29 is 13.9 Å². The molecular weight excluding hydrogens is 221 g/mol. The highest BCUT2D eigenvalue weighted by molar-refractivity contribution is 5.32. The summed E-state index contributed by atoms with van der Waals surface area (Å²) in [6.07, 6.45) is 0.0380. The number of halogens is 1. The van der Waals surface area contributed by atoms with E-state index in [9.17, 15) is 4.39 Å². The molecule has 0 aliphatic heterocycles. The fourth-order valence-corrected chi connectivity index (χ4v) is 1.48. The van der Waals surface area contributed by atoms with Crippen molar-refractivity contribution >= 4 is 0 Å². The van der Waals surface area contributed by atoms with Gasteiger partial charge in [0.15, 0.2) is 0 Å². The van der Waals surface area contributed by atoms with Gasteiger partial charge in [0.1, 0.15) is 17.7 Å². The molecular formula is C13H20FNO2. The van der Waals surface area contributed by atoms with Crippen molar-refractivity contribution in [2.24, 2.45) is 0 Å². The summed E-state index contributed by atoms with van der Waals surface area (Å²) in [7, 11) is 1.67. The maximum absolute atomic E-state index is 12.9. The molecule has 0 saturated heterocycles. The summed E-state index contributed by atoms with van der Waals surface area (Å²) in [6.45, 7) is 6.03. The monoisotopic (exact) mass is 241 g/mol. The standard InChI is InChI=1S/C13H20FNO2/c1-10-8-12(14)4-5-13(10)17-11(2)9-15-6-7-16-3/h4-5,8,11,15H,6-7,9H2,1-3H3. The maximum Gasteiger partial charge on any atom is 0.123 e. The zero-order valence-electron chi connectivity index (χ0n) is 10.6. The molecule has 0 aromatic heterocycles. The lowest BCUT2D eigenvalue weighted by Crippen LogP contribution is -2.31. The van der Waals surface area contributed by atoms with Gasteiger partial charge in [0.25, 0.3) is 0 Å². The van der Waals surface area contributed by atoms with Crippen LogP contribution in [0.5, 0.6) is 5.75 Å². The van der Waals surface area contributed by atoms with Crippen LogP contribution in [0.1, 0.15) is 12.5 Å². The molecule has 0 saturated carbocycles. The van der Waals surface area contributed by atoms with Crippen LogP contribution in [0.15, 0.2) is 18.2 Å². The van der Waals surface area contributed by atoms with Crippen LogP contribution in [0, 0.1) is 12.7 Å². The van der Waals surface area contributed by atoms with Gasteiger partial charge in [-0.1, -0.05) is 0 Å². The Labute approximate surface area is 102 Å². The molecule has 0 aliphatic carbocycles. The van der Waals surface area contributed by atoms with Gasteiger partial charge in [0.05, 0.1) is 6.61 Å². The van der Waals surface area contributed by atoms with Gasteiger partial charge in [-0.2, -0.15) is 0 Å². The minimum Gasteiger partial charge on any atom is -0.489 e. The van der Waals surface area contributed by atoms with Crippen LogP contribution < -0.4 is 10.1 Å². The number of benzene rings is 1. The quantitative estimate of drug-likeness (QED) is 0.742. The molecule has 1 rings (SSSR count). The van der Waals surface area contributed by atoms with Gasteiger partial charge < -0.3 is 14.8 Å². The van der Waals surface area contributed by atoms with Gasteiger partial charge in [-0.25, -0.2) is 4.39 Å². The molecule has 0 bridgehead atoms. The molecule has 1 N–H and O–H groups in total. The fraction of sp³-hybridized carbons (Fsp3) is 0.538. The Bertz CT molecular complexity index is 344. The van der Waals surface area contributed by atoms with Crippen molar-refractivity contribution in [1.82, 2.24) is 5.32 Å². The Morgan fingerprint density at radius 1 is 1.41 bits per heavy atom. The molecule has 0 fully saturated rings. The third-order valence-electron chi connectivity index (χ3n) is 2.38. The number of hydrogen-bond acceptors (Lipinski definition) is 3. The van der Waals surface area contributed by atoms with E-state index in [2.05, 4.69) is 5.32 Å². The van der Waals surface area contributed by atoms with Gasteiger partial charge in [0, 0.05) is 20.2 Å². The van der Waals surface area contributed by atoms with Gasteiger partial charge in [0.2, 0.25) is 0 Å². The fourth-order valence-electron chi connectivity index (χ4n) is 1.48. The van der Waals surface area contributed by atoms with Crippen LogP contribution in [0.25, 0.3) is 0 Å². The molecule has 0 heterocycles. The Kier molecular flexibility index (Phi) is 5.94. The Morgan fingerprint density at radius 2 is 2.18 bits per heavy atom. The van der Waals surface area contributed by atoms with E-state index in [1.165, 1.54) is 12.1 Å². The summed E-state index contributed by atoms with van der Waals surface area (Å²) in [6, 6.07) is 4.55. The topological polar surface area (TPSA) is 30.5 Å². The van der Waals surface area contributed by atoms with Crippen LogP contribution in [-0.4, -0.2) is 32.9 Å². The lowest BCUT2D eigenvalue weighted by Gasteiger charge is -2.17. The molecule has 0 amide bonds. The molecule has 17 heavy (non-hydrogen) atoms. The molecule has 1 unspecified atom stereocenters. The van der Waals surface area contributed by atoms with E-state index >= 15 is 0 Å². The molecule has 1 aromatic rings. The lowest BCUT2D eigenvalue weighted by atomic mass is 10.2. The predicted octanol–water partition coefficient (Wildman–Crippen LogP) is 2.14. The zero-order valence-corrected chi connectivity index (χ0v) is 10.6. The van der Waals surface area contributed by atoms with Gasteiger partial charge >= 0.3 is 0 Å². The average Bonchev–Trinajstić information content (AvgIpc) is 2.28. The third-order valence-corrected chi connectivity index (χ3v) is 2.38. The molecule has 0 radical (unpaired) electrons. The number of rotatable bonds is 7. The first-order chi connectivity index (χ1) is 8.13. The van der Waals surface area contributed by atoms with E-state index < -0.39 is 0 Å². The van der Waals surface area contributed by atoms with Gasteiger partial charge in [-0.3, -0.25) is 0 Å². The smallest absolute Gasteiger partial charge is 0.123 e. The molecule has 4 heteroatoms. The second kappa shape index (κ2) is 7.25. The summed E-state index contributed by atoms with van der Waals surface area (Å²) in [5.41, 5.74) is 0.814. The first-order valence-corrected chi connectivity index (χ1v) is 5.76. The van der Waals surface area contributed by atoms with E-state index in [1.54, 1.807) is 13.2 Å². The van der Waals surface area contributed by atoms with Crippen LogP contribution in [0.3, 0.4) is 0 Å². The first kappa shape index (κ1) is 13.9. The Hall–Kier alpha value is -1.13. The summed E-state index contributed by atoms with van der Waals surface area (Å²) < 4.78 is 23.5. The number of methoxy groups -OCH3 is 1. The second-order valence-electron chi connectivity index (χ2n) is 4.04. The molecule has 3 nitrogen and oxygen atoms in total. The van der Waals surface area contributed by atoms with Crippen molar-refractivity contribution in [1.29, 1.82) is 0 Å². The number of nitrogens with one attached hydrogen (secondary N) is 1. The van der Waals surface area contributed by atoms with Crippen LogP contribution in [-0.2, 0) is 4.74 Å². The summed E-state index contributed by atoms with van der Waals surface area (Å²) in [4.78, 5) is 0. The second-order valence-corrected chi connectivity index (χ2v) is 4.04. The highest BCUT2D eigenvalue weighted by Gasteiger charge is 2.06. The third kappa shape index (κ3) is 5.15. The van der Waals surface area contributed by atoms with E-state index in [-0.39, 0.29) is 11.9 Å². The Balaban J connectivity index is 2.37. The molecule has 1 atom stereocenters. The minimum absolute atomic E-state index is 0.0380. The van der Waals surface area contributed by atoms with Crippen molar-refractivity contribution in [3.05, 3.63) is 29.6 Å². The van der Waals surface area contributed by atoms with Crippen LogP contribution >= 0.6 is 0 Å². The van der Waals surface area contributed by atoms with Crippen LogP contribution in [0.4, 0.5) is 4.39 Å². The molecule has 0 spiro atoms. The lowest BCUT2D eigenvalue weighted by molar-refractivity contribution is 0.183. The molecule has 0 aliphatic rings. The van der Waals surface area contributed by atoms with Gasteiger partial charge in [-0.15, -0.1) is 0 Å². The van der Waals surface area contributed by atoms with Crippen molar-refractivity contribution in [3.8, 4) is 5.75 Å². The highest BCUT2D eigenvalue weighted by Crippen LogP contribution is 2.19. The van der Waals surface area contributed by atoms with E-state index in [4.69, 9.17) is 9.47 Å². The summed E-state index contributed by atoms with van der Waals surface area (Å²) >= 11 is 0. The van der Waals surface area contributed by atoms with Crippen molar-refractivity contribution in [3.63, 3.8) is 0 Å². The average molecular weight is 241 g/mol. The maximum atomic E-state index is 12.9. The predicted molar refractivity (Wildman–Crippen MR) is 66.0 cm³/mol. The van der Waals surface area contributed by atoms with E-state index in [1.807, 2.05) is 13.8 Å². The van der Waals surface area contributed by atoms with Crippen molar-refractivity contribution in [2.75, 3.05) is 26.8 Å². The van der Waals surface area contributed by atoms with Crippen molar-refractivity contribution in [2.45, 2.75) is 20.0 Å². The minimum atomic E-state index is -0.235. The SMILES string of the molecule is COCCNCC(C)Oc1ccc(F)cc1C. The Morgan fingerprint density at radius 3 is 2.82 bits per heavy atom. The number of hydrogen-bond donors (Lipinski definition) is 1. The first-order valence-electron chi connectivity index (χ1n) is 5.76. The zero-order chi connectivity index (χ0) is 12.7. The summed E-state index contributed by atoms with van der Waals surface area (Å²) in [5, 5.41) is 3.21. The van der Waals surface area contributed by atoms with Crippen LogP contribution in [0.2, 0.25) is 0 Å². The van der Waals surface area contributed by atoms with Gasteiger partial charge in [-0.05, 0) is 37.6 Å². The number of aryl methyl sites for hydroxylation is 1. The number of ether oxygens (including phenoxy) is 2. The largest absolute Gasteiger partial charge is 0.489 e. The molecule has 1 aromatic carbocycles. The summed E-state index contributed by atoms with van der Waals surface area (Å²) in [5.74, 6) is 0.494. The normalized spacial score (nSPS) is 12.5. The highest BCUT2D eigenvalue weighted by atomic mass is 19.1. The van der Waals surface area contributed by atoms with E-state index in [0.717, 1.165) is 24.4 Å².